The normalized spacial score (nSPS) is 12.1. The Morgan fingerprint density at radius 2 is 2.00 bits per heavy atom. The van der Waals surface area contributed by atoms with E-state index in [2.05, 4.69) is 10.1 Å². The summed E-state index contributed by atoms with van der Waals surface area (Å²) in [6.45, 7) is 6.08. The summed E-state index contributed by atoms with van der Waals surface area (Å²) < 4.78 is 12.2. The average molecular weight is 422 g/mol. The van der Waals surface area contributed by atoms with E-state index in [0.29, 0.717) is 17.9 Å². The maximum atomic E-state index is 13.1. The van der Waals surface area contributed by atoms with Crippen molar-refractivity contribution in [1.29, 1.82) is 0 Å². The van der Waals surface area contributed by atoms with Crippen LogP contribution in [0.3, 0.4) is 0 Å². The lowest BCUT2D eigenvalue weighted by Crippen LogP contribution is -2.29. The molecule has 4 aromatic rings. The molecule has 0 aliphatic carbocycles. The molecule has 1 atom stereocenters. The molecule has 2 aromatic carbocycles. The van der Waals surface area contributed by atoms with Crippen molar-refractivity contribution < 1.29 is 14.1 Å². The first-order chi connectivity index (χ1) is 14.4. The van der Waals surface area contributed by atoms with Crippen molar-refractivity contribution in [2.24, 2.45) is 0 Å². The summed E-state index contributed by atoms with van der Waals surface area (Å²) in [7, 11) is 1.80. The van der Waals surface area contributed by atoms with Gasteiger partial charge < -0.3 is 14.2 Å². The van der Waals surface area contributed by atoms with Crippen LogP contribution >= 0.6 is 11.3 Å². The predicted octanol–water partition coefficient (Wildman–Crippen LogP) is 5.31. The molecule has 0 radical (unpaired) electrons. The van der Waals surface area contributed by atoms with E-state index in [4.69, 9.17) is 9.26 Å². The molecule has 7 heteroatoms. The molecule has 0 unspecified atom stereocenters. The lowest BCUT2D eigenvalue weighted by atomic mass is 10.1. The molecular weight excluding hydrogens is 398 g/mol. The van der Waals surface area contributed by atoms with Gasteiger partial charge in [-0.2, -0.15) is 0 Å². The highest BCUT2D eigenvalue weighted by atomic mass is 32.1. The van der Waals surface area contributed by atoms with Gasteiger partial charge in [0.25, 0.3) is 5.91 Å². The number of para-hydroxylation sites is 1. The van der Waals surface area contributed by atoms with Crippen molar-refractivity contribution >= 4 is 27.5 Å². The Balaban J connectivity index is 1.49. The number of fused-ring (bicyclic) bond motifs is 1. The van der Waals surface area contributed by atoms with Gasteiger partial charge in [0.15, 0.2) is 0 Å². The number of carbonyl (C=O) groups excluding carboxylic acids is 1. The monoisotopic (exact) mass is 421 g/mol. The Morgan fingerprint density at radius 3 is 2.73 bits per heavy atom. The van der Waals surface area contributed by atoms with Gasteiger partial charge in [-0.3, -0.25) is 4.79 Å². The molecule has 0 saturated heterocycles. The second-order valence-electron chi connectivity index (χ2n) is 7.23. The van der Waals surface area contributed by atoms with Crippen LogP contribution < -0.4 is 4.74 Å². The summed E-state index contributed by atoms with van der Waals surface area (Å²) in [5.74, 6) is 1.29. The minimum absolute atomic E-state index is 0.0791. The first-order valence-corrected chi connectivity index (χ1v) is 10.5. The first-order valence-electron chi connectivity index (χ1n) is 9.71. The van der Waals surface area contributed by atoms with Crippen molar-refractivity contribution in [3.63, 3.8) is 0 Å². The van der Waals surface area contributed by atoms with Crippen LogP contribution in [-0.2, 0) is 6.61 Å². The Kier molecular flexibility index (Phi) is 5.55. The molecule has 4 rings (SSSR count). The van der Waals surface area contributed by atoms with E-state index in [1.165, 1.54) is 0 Å². The van der Waals surface area contributed by atoms with Gasteiger partial charge >= 0.3 is 0 Å². The van der Waals surface area contributed by atoms with E-state index in [1.54, 1.807) is 35.4 Å². The standard InChI is InChI=1S/C23H23N3O3S/c1-14-19(16(3)29-25-14)13-28-18-9-7-8-17(12-18)23(27)26(4)15(2)22-24-20-10-5-6-11-21(20)30-22/h5-12,15H,13H2,1-4H3/t15-/m0/s1. The number of hydrogen-bond acceptors (Lipinski definition) is 6. The van der Waals surface area contributed by atoms with E-state index >= 15 is 0 Å². The number of aromatic nitrogens is 2. The number of thiazole rings is 1. The SMILES string of the molecule is Cc1noc(C)c1COc1cccc(C(=O)N(C)[C@@H](C)c2nc3ccccc3s2)c1. The van der Waals surface area contributed by atoms with Crippen LogP contribution in [0.25, 0.3) is 10.2 Å². The zero-order valence-electron chi connectivity index (χ0n) is 17.4. The fourth-order valence-corrected chi connectivity index (χ4v) is 4.26. The highest BCUT2D eigenvalue weighted by Gasteiger charge is 2.22. The van der Waals surface area contributed by atoms with Crippen LogP contribution in [0, 0.1) is 13.8 Å². The van der Waals surface area contributed by atoms with E-state index in [0.717, 1.165) is 32.2 Å². The quantitative estimate of drug-likeness (QED) is 0.422. The maximum absolute atomic E-state index is 13.1. The number of amides is 1. The Labute approximate surface area is 179 Å². The van der Waals surface area contributed by atoms with E-state index < -0.39 is 0 Å². The van der Waals surface area contributed by atoms with Crippen LogP contribution in [0.5, 0.6) is 5.75 Å². The van der Waals surface area contributed by atoms with Crippen LogP contribution in [0.4, 0.5) is 0 Å². The molecule has 30 heavy (non-hydrogen) atoms. The van der Waals surface area contributed by atoms with Crippen LogP contribution in [0.2, 0.25) is 0 Å². The van der Waals surface area contributed by atoms with Crippen molar-refractivity contribution in [3.8, 4) is 5.75 Å². The first kappa shape index (κ1) is 20.1. The molecule has 1 amide bonds. The molecule has 154 valence electrons. The van der Waals surface area contributed by atoms with Crippen molar-refractivity contribution in [1.82, 2.24) is 15.0 Å². The van der Waals surface area contributed by atoms with E-state index in [9.17, 15) is 4.79 Å². The topological polar surface area (TPSA) is 68.5 Å². The van der Waals surface area contributed by atoms with Crippen LogP contribution in [0.1, 0.15) is 45.3 Å². The summed E-state index contributed by atoms with van der Waals surface area (Å²) in [6.07, 6.45) is 0. The van der Waals surface area contributed by atoms with Crippen molar-refractivity contribution in [2.75, 3.05) is 7.05 Å². The lowest BCUT2D eigenvalue weighted by molar-refractivity contribution is 0.0742. The van der Waals surface area contributed by atoms with E-state index in [-0.39, 0.29) is 11.9 Å². The Hall–Kier alpha value is -3.19. The van der Waals surface area contributed by atoms with Gasteiger partial charge in [-0.05, 0) is 51.1 Å². The number of rotatable bonds is 6. The highest BCUT2D eigenvalue weighted by molar-refractivity contribution is 7.18. The summed E-state index contributed by atoms with van der Waals surface area (Å²) in [5.41, 5.74) is 3.26. The van der Waals surface area contributed by atoms with Crippen LogP contribution in [0.15, 0.2) is 53.1 Å². The van der Waals surface area contributed by atoms with Gasteiger partial charge in [-0.15, -0.1) is 11.3 Å². The summed E-state index contributed by atoms with van der Waals surface area (Å²) in [4.78, 5) is 19.5. The number of benzene rings is 2. The van der Waals surface area contributed by atoms with Gasteiger partial charge in [-0.1, -0.05) is 23.4 Å². The zero-order valence-corrected chi connectivity index (χ0v) is 18.2. The van der Waals surface area contributed by atoms with Gasteiger partial charge in [0.05, 0.1) is 27.5 Å². The van der Waals surface area contributed by atoms with Crippen LogP contribution in [-0.4, -0.2) is 28.0 Å². The lowest BCUT2D eigenvalue weighted by Gasteiger charge is -2.23. The summed E-state index contributed by atoms with van der Waals surface area (Å²) in [5, 5.41) is 4.86. The third-order valence-electron chi connectivity index (χ3n) is 5.21. The van der Waals surface area contributed by atoms with Gasteiger partial charge in [0, 0.05) is 12.6 Å². The molecule has 0 aliphatic rings. The number of nitrogens with zero attached hydrogens (tertiary/aromatic N) is 3. The minimum Gasteiger partial charge on any atom is -0.489 e. The molecule has 2 heterocycles. The molecule has 0 bridgehead atoms. The minimum atomic E-state index is -0.137. The molecule has 0 aliphatic heterocycles. The number of aryl methyl sites for hydroxylation is 2. The average Bonchev–Trinajstić information content (AvgIpc) is 3.34. The second-order valence-corrected chi connectivity index (χ2v) is 8.29. The van der Waals surface area contributed by atoms with Crippen molar-refractivity contribution in [2.45, 2.75) is 33.4 Å². The molecule has 0 saturated carbocycles. The summed E-state index contributed by atoms with van der Waals surface area (Å²) in [6, 6.07) is 15.1. The van der Waals surface area contributed by atoms with Crippen molar-refractivity contribution in [3.05, 3.63) is 76.1 Å². The molecule has 0 spiro atoms. The predicted molar refractivity (Wildman–Crippen MR) is 117 cm³/mol. The number of hydrogen-bond donors (Lipinski definition) is 0. The number of ether oxygens (including phenoxy) is 1. The molecule has 6 nitrogen and oxygen atoms in total. The number of carbonyl (C=O) groups is 1. The fourth-order valence-electron chi connectivity index (χ4n) is 3.20. The molecule has 0 N–H and O–H groups in total. The molecule has 2 aromatic heterocycles. The van der Waals surface area contributed by atoms with Gasteiger partial charge in [0.1, 0.15) is 23.1 Å². The summed E-state index contributed by atoms with van der Waals surface area (Å²) >= 11 is 1.61. The molecular formula is C23H23N3O3S. The third kappa shape index (κ3) is 3.93. The van der Waals surface area contributed by atoms with Gasteiger partial charge in [-0.25, -0.2) is 4.98 Å². The fraction of sp³-hybridized carbons (Fsp3) is 0.261. The second kappa shape index (κ2) is 8.28. The Morgan fingerprint density at radius 1 is 1.20 bits per heavy atom. The largest absolute Gasteiger partial charge is 0.489 e. The smallest absolute Gasteiger partial charge is 0.254 e. The zero-order chi connectivity index (χ0) is 21.3. The third-order valence-corrected chi connectivity index (χ3v) is 6.42. The maximum Gasteiger partial charge on any atom is 0.254 e. The highest BCUT2D eigenvalue weighted by Crippen LogP contribution is 2.30. The Bertz CT molecular complexity index is 1140. The van der Waals surface area contributed by atoms with E-state index in [1.807, 2.05) is 57.2 Å². The van der Waals surface area contributed by atoms with Gasteiger partial charge in [0.2, 0.25) is 0 Å². The molecule has 0 fully saturated rings.